The van der Waals surface area contributed by atoms with Crippen molar-refractivity contribution >= 4 is 14.4 Å². The number of allylic oxidation sites excluding steroid dienone is 8. The molecule has 4 aliphatic rings. The van der Waals surface area contributed by atoms with Crippen molar-refractivity contribution in [2.24, 2.45) is 11.3 Å². The van der Waals surface area contributed by atoms with E-state index >= 15 is 0 Å². The Labute approximate surface area is 367 Å². The van der Waals surface area contributed by atoms with Gasteiger partial charge in [0, 0.05) is 0 Å². The fraction of sp³-hybridized carbons (Fsp3) is 0.358. The molecule has 292 valence electrons. The number of halogens is 2. The van der Waals surface area contributed by atoms with E-state index in [0.717, 1.165) is 25.7 Å². The monoisotopic (exact) mass is 856 g/mol. The molecule has 0 amide bonds. The van der Waals surface area contributed by atoms with Gasteiger partial charge in [0.2, 0.25) is 0 Å². The van der Waals surface area contributed by atoms with Gasteiger partial charge in [-0.2, -0.15) is 17.2 Å². The predicted octanol–water partition coefficient (Wildman–Crippen LogP) is 7.80. The Balaban J connectivity index is 0.000000205. The normalized spacial score (nSPS) is 17.5. The SMILES string of the molecule is CC1=C[CH-]C(C)(C)c2cc3c(cc21)-c1cc2c(cc1C3)C(C)(C)CC=C2C.CCC1[C-]=CC(C(C)(C)C)=C1.[Cl-].[Cl-].[Zr+2]=[C](Cc1ccccc1)Cc1ccccc1. The van der Waals surface area contributed by atoms with Crippen molar-refractivity contribution in [1.29, 1.82) is 0 Å². The molecular formula is C53H60Cl2Zr-2. The van der Waals surface area contributed by atoms with Gasteiger partial charge in [-0.05, 0) is 70.2 Å². The Bertz CT molecular complexity index is 2010. The summed E-state index contributed by atoms with van der Waals surface area (Å²) < 4.78 is 1.60. The third-order valence-electron chi connectivity index (χ3n) is 11.8. The van der Waals surface area contributed by atoms with Gasteiger partial charge >= 0.3 is 112 Å². The third-order valence-corrected chi connectivity index (χ3v) is 12.6. The maximum atomic E-state index is 3.35. The fourth-order valence-electron chi connectivity index (χ4n) is 8.13. The average Bonchev–Trinajstić information content (AvgIpc) is 3.77. The van der Waals surface area contributed by atoms with Gasteiger partial charge in [-0.15, -0.1) is 12.5 Å². The van der Waals surface area contributed by atoms with Crippen LogP contribution in [-0.4, -0.2) is 3.21 Å². The van der Waals surface area contributed by atoms with Gasteiger partial charge in [0.25, 0.3) is 0 Å². The molecular weight excluding hydrogens is 799 g/mol. The van der Waals surface area contributed by atoms with E-state index in [9.17, 15) is 0 Å². The Morgan fingerprint density at radius 2 is 1.27 bits per heavy atom. The summed E-state index contributed by atoms with van der Waals surface area (Å²) in [6, 6.07) is 31.4. The summed E-state index contributed by atoms with van der Waals surface area (Å²) in [7, 11) is 0. The van der Waals surface area contributed by atoms with E-state index < -0.39 is 0 Å². The van der Waals surface area contributed by atoms with Crippen LogP contribution in [0.25, 0.3) is 22.3 Å². The fourth-order valence-corrected chi connectivity index (χ4v) is 9.14. The summed E-state index contributed by atoms with van der Waals surface area (Å²) in [4.78, 5) is 0. The van der Waals surface area contributed by atoms with E-state index in [1.807, 2.05) is 0 Å². The number of hydrogen-bond acceptors (Lipinski definition) is 0. The molecule has 4 aliphatic carbocycles. The zero-order valence-corrected chi connectivity index (χ0v) is 39.3. The van der Waals surface area contributed by atoms with Crippen molar-refractivity contribution in [3.05, 3.63) is 172 Å². The topological polar surface area (TPSA) is 0 Å². The molecule has 0 spiro atoms. The standard InChI is InChI=1S/C27H29.C15H14.C11H17.2ClH.Zr/c1-16-7-9-26(3,4)24-12-18-11-19-13-25-21(17(2)8-10-27(25,5)6)15-23(19)22(18)14-20(16)24;1-3-8-14(9-4-1)12-7-13-15-10-5-2-6-11-15;1-5-9-6-7-10(8-9)11(2,3)4;;;/h7-9,12-15H,10-11H2,1-6H3;1-6,8-11H,12-13H2;7-9H,5H2,1-4H3;2*1H;/q-1;;-1;;;+2/p-2. The Morgan fingerprint density at radius 1 is 0.750 bits per heavy atom. The van der Waals surface area contributed by atoms with Gasteiger partial charge in [0.15, 0.2) is 0 Å². The molecule has 0 saturated carbocycles. The first-order valence-electron chi connectivity index (χ1n) is 20.1. The molecule has 0 nitrogen and oxygen atoms in total. The zero-order valence-electron chi connectivity index (χ0n) is 35.3. The van der Waals surface area contributed by atoms with Gasteiger partial charge < -0.3 is 24.8 Å². The van der Waals surface area contributed by atoms with Crippen molar-refractivity contribution in [3.63, 3.8) is 0 Å². The molecule has 0 aromatic heterocycles. The molecule has 0 N–H and O–H groups in total. The van der Waals surface area contributed by atoms with E-state index in [0.29, 0.717) is 11.3 Å². The third kappa shape index (κ3) is 10.6. The van der Waals surface area contributed by atoms with Crippen LogP contribution in [0.1, 0.15) is 127 Å². The van der Waals surface area contributed by atoms with Crippen molar-refractivity contribution in [1.82, 2.24) is 0 Å². The van der Waals surface area contributed by atoms with Crippen LogP contribution in [-0.2, 0) is 54.3 Å². The molecule has 0 fully saturated rings. The van der Waals surface area contributed by atoms with E-state index in [-0.39, 0.29) is 35.6 Å². The van der Waals surface area contributed by atoms with Crippen molar-refractivity contribution in [3.8, 4) is 11.1 Å². The quantitative estimate of drug-likeness (QED) is 0.159. The number of hydrogen-bond donors (Lipinski definition) is 0. The van der Waals surface area contributed by atoms with Crippen LogP contribution in [0.5, 0.6) is 0 Å². The van der Waals surface area contributed by atoms with Gasteiger partial charge in [-0.3, -0.25) is 6.08 Å². The van der Waals surface area contributed by atoms with Crippen LogP contribution in [0.4, 0.5) is 0 Å². The van der Waals surface area contributed by atoms with E-state index in [1.54, 1.807) is 27.4 Å². The molecule has 0 saturated heterocycles. The summed E-state index contributed by atoms with van der Waals surface area (Å²) in [5, 5.41) is 0. The maximum absolute atomic E-state index is 3.35. The van der Waals surface area contributed by atoms with Crippen LogP contribution in [0.15, 0.2) is 115 Å². The first-order chi connectivity index (χ1) is 25.6. The van der Waals surface area contributed by atoms with Crippen LogP contribution in [0.2, 0.25) is 0 Å². The summed E-state index contributed by atoms with van der Waals surface area (Å²) >= 11 is 1.55. The average molecular weight is 859 g/mol. The second kappa shape index (κ2) is 18.7. The Morgan fingerprint density at radius 3 is 1.75 bits per heavy atom. The van der Waals surface area contributed by atoms with Crippen molar-refractivity contribution in [2.45, 2.75) is 112 Å². The van der Waals surface area contributed by atoms with E-state index in [1.165, 1.54) is 78.8 Å². The summed E-state index contributed by atoms with van der Waals surface area (Å²) in [5.41, 5.74) is 19.6. The second-order valence-corrected chi connectivity index (χ2v) is 19.9. The number of benzene rings is 4. The molecule has 0 aliphatic heterocycles. The molecule has 0 bridgehead atoms. The van der Waals surface area contributed by atoms with Crippen LogP contribution >= 0.6 is 0 Å². The van der Waals surface area contributed by atoms with E-state index in [2.05, 4.69) is 191 Å². The molecule has 4 aromatic carbocycles. The van der Waals surface area contributed by atoms with Gasteiger partial charge in [-0.1, -0.05) is 108 Å². The first kappa shape index (κ1) is 45.7. The molecule has 0 heterocycles. The second-order valence-electron chi connectivity index (χ2n) is 18.1. The molecule has 8 rings (SSSR count). The molecule has 56 heavy (non-hydrogen) atoms. The first-order valence-corrected chi connectivity index (χ1v) is 21.3. The molecule has 3 heteroatoms. The van der Waals surface area contributed by atoms with Crippen LogP contribution < -0.4 is 24.8 Å². The molecule has 0 radical (unpaired) electrons. The van der Waals surface area contributed by atoms with Gasteiger partial charge in [-0.25, -0.2) is 18.6 Å². The summed E-state index contributed by atoms with van der Waals surface area (Å²) in [6.07, 6.45) is 20.5. The minimum atomic E-state index is 0. The zero-order chi connectivity index (χ0) is 38.8. The summed E-state index contributed by atoms with van der Waals surface area (Å²) in [5.74, 6) is 0.573. The minimum absolute atomic E-state index is 0. The van der Waals surface area contributed by atoms with Gasteiger partial charge in [0.05, 0.1) is 0 Å². The number of rotatable bonds is 5. The Kier molecular flexibility index (Phi) is 15.3. The Hall–Kier alpha value is -2.96. The molecule has 4 aromatic rings. The van der Waals surface area contributed by atoms with Crippen LogP contribution in [0.3, 0.4) is 0 Å². The summed E-state index contributed by atoms with van der Waals surface area (Å²) in [6.45, 7) is 22.9. The number of fused-ring (bicyclic) bond motifs is 5. The van der Waals surface area contributed by atoms with Gasteiger partial charge in [0.1, 0.15) is 0 Å². The predicted molar refractivity (Wildman–Crippen MR) is 231 cm³/mol. The van der Waals surface area contributed by atoms with Crippen LogP contribution in [0, 0.1) is 23.8 Å². The van der Waals surface area contributed by atoms with Crippen molar-refractivity contribution in [2.75, 3.05) is 0 Å². The molecule has 1 atom stereocenters. The van der Waals surface area contributed by atoms with Crippen molar-refractivity contribution < 1.29 is 49.0 Å². The van der Waals surface area contributed by atoms with E-state index in [4.69, 9.17) is 0 Å². The molecule has 1 unspecified atom stereocenters.